The maximum absolute atomic E-state index is 12.3. The third-order valence-corrected chi connectivity index (χ3v) is 3.49. The minimum Gasteiger partial charge on any atom is -0.376 e. The molecule has 132 valence electrons. The molecule has 0 aliphatic heterocycles. The third-order valence-electron chi connectivity index (χ3n) is 3.49. The summed E-state index contributed by atoms with van der Waals surface area (Å²) < 4.78 is 1.37. The number of amides is 2. The summed E-state index contributed by atoms with van der Waals surface area (Å²) in [5.74, 6) is -0.577. The monoisotopic (exact) mass is 351 g/mol. The molecule has 3 N–H and O–H groups in total. The smallest absolute Gasteiger partial charge is 0.273 e. The summed E-state index contributed by atoms with van der Waals surface area (Å²) in [7, 11) is 0. The van der Waals surface area contributed by atoms with Crippen molar-refractivity contribution in [1.82, 2.24) is 30.6 Å². The summed E-state index contributed by atoms with van der Waals surface area (Å²) >= 11 is 0. The number of pyridine rings is 1. The summed E-state index contributed by atoms with van der Waals surface area (Å²) in [6.45, 7) is 2.00. The van der Waals surface area contributed by atoms with Crippen LogP contribution in [0, 0.1) is 6.92 Å². The lowest BCUT2D eigenvalue weighted by atomic mass is 10.2. The number of carbonyl (C=O) groups excluding carboxylic acids is 2. The molecule has 0 aliphatic carbocycles. The van der Waals surface area contributed by atoms with Crippen molar-refractivity contribution in [2.24, 2.45) is 0 Å². The lowest BCUT2D eigenvalue weighted by Crippen LogP contribution is -2.44. The molecule has 0 aliphatic rings. The molecule has 3 rings (SSSR count). The van der Waals surface area contributed by atoms with Gasteiger partial charge in [0, 0.05) is 11.9 Å². The molecule has 2 heterocycles. The summed E-state index contributed by atoms with van der Waals surface area (Å²) in [5.41, 5.74) is 6.93. The Morgan fingerprint density at radius 3 is 2.65 bits per heavy atom. The first-order valence-electron chi connectivity index (χ1n) is 7.83. The van der Waals surface area contributed by atoms with E-state index in [-0.39, 0.29) is 18.0 Å². The summed E-state index contributed by atoms with van der Waals surface area (Å²) in [6, 6.07) is 10.8. The van der Waals surface area contributed by atoms with Gasteiger partial charge < -0.3 is 5.32 Å². The Hall–Kier alpha value is -3.75. The van der Waals surface area contributed by atoms with Crippen LogP contribution in [0.2, 0.25) is 0 Å². The van der Waals surface area contributed by atoms with Gasteiger partial charge in [0.1, 0.15) is 12.7 Å². The third kappa shape index (κ3) is 4.20. The van der Waals surface area contributed by atoms with Crippen LogP contribution in [-0.4, -0.2) is 38.1 Å². The van der Waals surface area contributed by atoms with Crippen LogP contribution in [0.25, 0.3) is 5.82 Å². The standard InChI is InChI=1S/C17H17N7O2/c1-12-4-6-13(7-5-12)20-9-15(25)22-23-17(26)14-3-2-8-19-16(14)24-11-18-10-21-24/h2-8,10-11,20H,9H2,1H3,(H,22,25)(H,23,26). The number of nitrogens with zero attached hydrogens (tertiary/aromatic N) is 4. The van der Waals surface area contributed by atoms with E-state index in [1.54, 1.807) is 12.1 Å². The molecule has 26 heavy (non-hydrogen) atoms. The largest absolute Gasteiger partial charge is 0.376 e. The zero-order chi connectivity index (χ0) is 18.4. The molecule has 0 fully saturated rings. The highest BCUT2D eigenvalue weighted by Crippen LogP contribution is 2.09. The Balaban J connectivity index is 1.56. The molecule has 9 heteroatoms. The van der Waals surface area contributed by atoms with E-state index in [4.69, 9.17) is 0 Å². The van der Waals surface area contributed by atoms with E-state index >= 15 is 0 Å². The Kier molecular flexibility index (Phi) is 5.18. The number of carbonyl (C=O) groups is 2. The number of hydrazine groups is 1. The molecule has 0 atom stereocenters. The topological polar surface area (TPSA) is 114 Å². The zero-order valence-corrected chi connectivity index (χ0v) is 14.0. The molecule has 0 unspecified atom stereocenters. The van der Waals surface area contributed by atoms with Crippen LogP contribution in [0.5, 0.6) is 0 Å². The van der Waals surface area contributed by atoms with Gasteiger partial charge in [0.25, 0.3) is 11.8 Å². The fourth-order valence-electron chi connectivity index (χ4n) is 2.17. The van der Waals surface area contributed by atoms with Crippen molar-refractivity contribution in [2.75, 3.05) is 11.9 Å². The number of rotatable bonds is 5. The predicted molar refractivity (Wildman–Crippen MR) is 94.4 cm³/mol. The van der Waals surface area contributed by atoms with Crippen molar-refractivity contribution >= 4 is 17.5 Å². The summed E-state index contributed by atoms with van der Waals surface area (Å²) in [5, 5.41) is 6.93. The number of aromatic nitrogens is 4. The zero-order valence-electron chi connectivity index (χ0n) is 14.0. The highest BCUT2D eigenvalue weighted by Gasteiger charge is 2.14. The van der Waals surface area contributed by atoms with Gasteiger partial charge in [0.2, 0.25) is 0 Å². The van der Waals surface area contributed by atoms with Crippen LogP contribution in [0.3, 0.4) is 0 Å². The maximum atomic E-state index is 12.3. The molecule has 3 aromatic rings. The van der Waals surface area contributed by atoms with Crippen molar-refractivity contribution in [2.45, 2.75) is 6.92 Å². The molecular formula is C17H17N7O2. The SMILES string of the molecule is Cc1ccc(NCC(=O)NNC(=O)c2cccnc2-n2cncn2)cc1. The lowest BCUT2D eigenvalue weighted by Gasteiger charge is -2.11. The molecule has 0 radical (unpaired) electrons. The van der Waals surface area contributed by atoms with E-state index in [0.717, 1.165) is 11.3 Å². The van der Waals surface area contributed by atoms with Crippen LogP contribution in [0.4, 0.5) is 5.69 Å². The number of anilines is 1. The quantitative estimate of drug-likeness (QED) is 0.587. The fraction of sp³-hybridized carbons (Fsp3) is 0.118. The van der Waals surface area contributed by atoms with E-state index in [0.29, 0.717) is 5.82 Å². The van der Waals surface area contributed by atoms with E-state index in [1.165, 1.54) is 23.5 Å². The molecule has 2 amide bonds. The van der Waals surface area contributed by atoms with Gasteiger partial charge in [-0.25, -0.2) is 14.6 Å². The van der Waals surface area contributed by atoms with Crippen molar-refractivity contribution in [3.63, 3.8) is 0 Å². The number of hydrogen-bond donors (Lipinski definition) is 3. The molecular weight excluding hydrogens is 334 g/mol. The fourth-order valence-corrected chi connectivity index (χ4v) is 2.17. The summed E-state index contributed by atoms with van der Waals surface area (Å²) in [4.78, 5) is 32.2. The molecule has 1 aromatic carbocycles. The Bertz CT molecular complexity index is 892. The second-order valence-corrected chi connectivity index (χ2v) is 5.44. The molecule has 0 saturated heterocycles. The van der Waals surface area contributed by atoms with Crippen LogP contribution in [0.15, 0.2) is 55.2 Å². The average Bonchev–Trinajstić information content (AvgIpc) is 3.20. The van der Waals surface area contributed by atoms with Crippen LogP contribution >= 0.6 is 0 Å². The van der Waals surface area contributed by atoms with E-state index < -0.39 is 5.91 Å². The number of hydrogen-bond acceptors (Lipinski definition) is 6. The van der Waals surface area contributed by atoms with Gasteiger partial charge in [-0.05, 0) is 31.2 Å². The Labute approximate surface area is 149 Å². The summed E-state index contributed by atoms with van der Waals surface area (Å²) in [6.07, 6.45) is 4.32. The highest BCUT2D eigenvalue weighted by molar-refractivity contribution is 5.98. The van der Waals surface area contributed by atoms with Crippen molar-refractivity contribution < 1.29 is 9.59 Å². The Morgan fingerprint density at radius 1 is 1.12 bits per heavy atom. The minimum absolute atomic E-state index is 0.0202. The van der Waals surface area contributed by atoms with E-state index in [9.17, 15) is 9.59 Å². The highest BCUT2D eigenvalue weighted by atomic mass is 16.2. The van der Waals surface area contributed by atoms with Gasteiger partial charge in [-0.15, -0.1) is 0 Å². The van der Waals surface area contributed by atoms with Crippen molar-refractivity contribution in [3.8, 4) is 5.82 Å². The van der Waals surface area contributed by atoms with Crippen LogP contribution in [0.1, 0.15) is 15.9 Å². The van der Waals surface area contributed by atoms with E-state index in [2.05, 4.69) is 31.2 Å². The van der Waals surface area contributed by atoms with Gasteiger partial charge >= 0.3 is 0 Å². The number of aryl methyl sites for hydroxylation is 1. The van der Waals surface area contributed by atoms with Gasteiger partial charge in [0.05, 0.1) is 12.1 Å². The van der Waals surface area contributed by atoms with E-state index in [1.807, 2.05) is 31.2 Å². The predicted octanol–water partition coefficient (Wildman–Crippen LogP) is 0.844. The minimum atomic E-state index is -0.507. The van der Waals surface area contributed by atoms with Gasteiger partial charge in [-0.3, -0.25) is 20.4 Å². The van der Waals surface area contributed by atoms with Crippen molar-refractivity contribution in [3.05, 3.63) is 66.4 Å². The van der Waals surface area contributed by atoms with Gasteiger partial charge in [-0.1, -0.05) is 17.7 Å². The lowest BCUT2D eigenvalue weighted by molar-refractivity contribution is -0.120. The molecule has 0 saturated carbocycles. The van der Waals surface area contributed by atoms with Gasteiger partial charge in [0.15, 0.2) is 5.82 Å². The second kappa shape index (κ2) is 7.88. The normalized spacial score (nSPS) is 10.2. The maximum Gasteiger partial charge on any atom is 0.273 e. The van der Waals surface area contributed by atoms with Gasteiger partial charge in [-0.2, -0.15) is 5.10 Å². The first-order chi connectivity index (χ1) is 12.6. The molecule has 0 bridgehead atoms. The first-order valence-corrected chi connectivity index (χ1v) is 7.83. The van der Waals surface area contributed by atoms with Crippen LogP contribution in [-0.2, 0) is 4.79 Å². The van der Waals surface area contributed by atoms with Crippen molar-refractivity contribution in [1.29, 1.82) is 0 Å². The molecule has 2 aromatic heterocycles. The number of nitrogens with one attached hydrogen (secondary N) is 3. The first kappa shape index (κ1) is 17.1. The average molecular weight is 351 g/mol. The molecule has 9 nitrogen and oxygen atoms in total. The molecule has 0 spiro atoms. The second-order valence-electron chi connectivity index (χ2n) is 5.44. The van der Waals surface area contributed by atoms with Crippen LogP contribution < -0.4 is 16.2 Å². The number of benzene rings is 1. The Morgan fingerprint density at radius 2 is 1.92 bits per heavy atom.